The number of piperazine rings is 2. The summed E-state index contributed by atoms with van der Waals surface area (Å²) in [6.45, 7) is 13.9. The summed E-state index contributed by atoms with van der Waals surface area (Å²) in [5.74, 6) is 4.73. The second kappa shape index (κ2) is 29.3. The standard InChI is InChI=1S/C30H31N9.C20H23N7.C10H8N2O.C7H5FO.C3H4N2/c1-20-12-24(14-25-13-21(2)35-36-25)34-30(33-20)23-6-9-29(31-16-23)37-18-27-15-28(19-37)38(27)17-22-4-7-26(8-5-22)39-11-3-10-32-39;1-12-5-17(21-8-12)25-18-6-13(2)23-20(26-18)14-3-4-19(22-9-14)27-10-15-7-16(11-27)24-15;13-8-9-2-4-10(5-3-9)12-7-1-6-11-12;8-7-3-1-6(5-9)2-4-7;1-2-4-5-3-1/h3-13,16,27-28H,14-15,17-19H2,1-2H3,(H,35,36);3-6,9,15-16,24H,7-8,10-11H2,1-2H3,(H,21,23,25,26);1-8H;1-5H;1-3H,(H,4,5). The minimum atomic E-state index is -0.319. The van der Waals surface area contributed by atoms with Crippen molar-refractivity contribution < 1.29 is 14.0 Å². The molecule has 4 unspecified atom stereocenters. The minimum Gasteiger partial charge on any atom is -0.353 e. The Kier molecular flexibility index (Phi) is 19.6. The molecule has 4 N–H and O–H groups in total. The molecule has 0 radical (unpaired) electrons. The van der Waals surface area contributed by atoms with Crippen LogP contribution in [0.2, 0.25) is 0 Å². The SMILES string of the molecule is CC1=CC(Nc2cc(C)nc(-c3ccc(N4CC5CC(C4)N5)nc3)n2)=NC1.Cc1cc(Cc2cc(C)[nH]n2)nc(-c2ccc(N3CC4CC(C3)N4Cc3ccc(-n4cccn4)cc3)nc2)n1.O=Cc1ccc(-n2cccn2)cc1.O=Cc1ccc(F)cc1.c1cn[nH]c1. The highest BCUT2D eigenvalue weighted by atomic mass is 19.1. The van der Waals surface area contributed by atoms with Gasteiger partial charge in [-0.3, -0.25) is 29.7 Å². The molecule has 0 aliphatic carbocycles. The number of anilines is 3. The quantitative estimate of drug-likeness (QED) is 0.0784. The number of carbonyl (C=O) groups is 2. The van der Waals surface area contributed by atoms with Crippen molar-refractivity contribution in [3.05, 3.63) is 246 Å². The fraction of sp³-hybridized carbons (Fsp3) is 0.243. The molecule has 6 saturated heterocycles. The number of fused-ring (bicyclic) bond motifs is 4. The van der Waals surface area contributed by atoms with Crippen LogP contribution in [-0.2, 0) is 13.0 Å². The Balaban J connectivity index is 0.000000131. The monoisotopic (exact) mass is 1240 g/mol. The van der Waals surface area contributed by atoms with Crippen molar-refractivity contribution in [2.75, 3.05) is 47.8 Å². The van der Waals surface area contributed by atoms with Gasteiger partial charge in [0, 0.05) is 158 Å². The van der Waals surface area contributed by atoms with Gasteiger partial charge in [-0.05, 0) is 173 Å². The predicted octanol–water partition coefficient (Wildman–Crippen LogP) is 10.0. The number of aromatic amines is 2. The van der Waals surface area contributed by atoms with E-state index in [1.807, 2.05) is 98.8 Å². The molecule has 18 rings (SSSR count). The van der Waals surface area contributed by atoms with Gasteiger partial charge in [0.25, 0.3) is 0 Å². The van der Waals surface area contributed by atoms with Gasteiger partial charge in [-0.25, -0.2) is 43.7 Å². The van der Waals surface area contributed by atoms with E-state index in [1.54, 1.807) is 41.6 Å². The first-order valence-corrected chi connectivity index (χ1v) is 30.9. The lowest BCUT2D eigenvalue weighted by molar-refractivity contribution is -0.00868. The maximum absolute atomic E-state index is 12.1. The third kappa shape index (κ3) is 16.3. The lowest BCUT2D eigenvalue weighted by Gasteiger charge is -2.56. The van der Waals surface area contributed by atoms with Gasteiger partial charge >= 0.3 is 0 Å². The van der Waals surface area contributed by atoms with Crippen molar-refractivity contribution in [3.8, 4) is 34.2 Å². The maximum Gasteiger partial charge on any atom is 0.163 e. The van der Waals surface area contributed by atoms with Crippen LogP contribution in [0.3, 0.4) is 0 Å². The zero-order valence-corrected chi connectivity index (χ0v) is 52.1. The summed E-state index contributed by atoms with van der Waals surface area (Å²) in [5, 5.41) is 28.8. The molecule has 4 bridgehead atoms. The molecular weight excluding hydrogens is 1170 g/mol. The van der Waals surface area contributed by atoms with E-state index < -0.39 is 0 Å². The Morgan fingerprint density at radius 1 is 0.624 bits per heavy atom. The van der Waals surface area contributed by atoms with Gasteiger partial charge in [-0.2, -0.15) is 20.4 Å². The summed E-state index contributed by atoms with van der Waals surface area (Å²) in [6.07, 6.45) is 21.4. The second-order valence-electron chi connectivity index (χ2n) is 23.4. The van der Waals surface area contributed by atoms with Crippen molar-refractivity contribution in [3.63, 3.8) is 0 Å². The number of aldehydes is 2. The van der Waals surface area contributed by atoms with Crippen LogP contribution < -0.4 is 20.4 Å². The van der Waals surface area contributed by atoms with E-state index in [4.69, 9.17) is 9.97 Å². The molecule has 22 nitrogen and oxygen atoms in total. The molecule has 4 atom stereocenters. The molecule has 7 aliphatic heterocycles. The maximum atomic E-state index is 12.1. The number of piperidine rings is 2. The predicted molar refractivity (Wildman–Crippen MR) is 356 cm³/mol. The van der Waals surface area contributed by atoms with Crippen LogP contribution in [0.4, 0.5) is 21.8 Å². The number of aryl methyl sites for hydroxylation is 3. The fourth-order valence-electron chi connectivity index (χ4n) is 11.6. The number of benzene rings is 3. The van der Waals surface area contributed by atoms with Crippen LogP contribution in [-0.4, -0.2) is 150 Å². The van der Waals surface area contributed by atoms with Crippen LogP contribution in [0, 0.1) is 26.6 Å². The smallest absolute Gasteiger partial charge is 0.163 e. The lowest BCUT2D eigenvalue weighted by atomic mass is 9.86. The number of H-pyrrole nitrogens is 2. The van der Waals surface area contributed by atoms with E-state index in [1.165, 1.54) is 48.2 Å². The van der Waals surface area contributed by atoms with E-state index in [-0.39, 0.29) is 5.82 Å². The molecule has 15 heterocycles. The van der Waals surface area contributed by atoms with Crippen LogP contribution in [0.25, 0.3) is 34.2 Å². The third-order valence-corrected chi connectivity index (χ3v) is 16.2. The fourth-order valence-corrected chi connectivity index (χ4v) is 11.6. The number of amidine groups is 1. The Morgan fingerprint density at radius 2 is 1.22 bits per heavy atom. The zero-order chi connectivity index (χ0) is 64.0. The number of aliphatic imine (C=N–C) groups is 1. The van der Waals surface area contributed by atoms with Gasteiger partial charge in [0.2, 0.25) is 0 Å². The van der Waals surface area contributed by atoms with Gasteiger partial charge in [-0.15, -0.1) is 0 Å². The Bertz CT molecular complexity index is 4230. The van der Waals surface area contributed by atoms with Crippen molar-refractivity contribution in [1.82, 2.24) is 80.1 Å². The van der Waals surface area contributed by atoms with Gasteiger partial charge < -0.3 is 20.4 Å². The summed E-state index contributed by atoms with van der Waals surface area (Å²) in [4.78, 5) is 60.5. The molecule has 0 amide bonds. The van der Waals surface area contributed by atoms with E-state index in [2.05, 4.69) is 142 Å². The second-order valence-corrected chi connectivity index (χ2v) is 23.4. The summed E-state index contributed by atoms with van der Waals surface area (Å²) in [6, 6.07) is 43.7. The van der Waals surface area contributed by atoms with Crippen molar-refractivity contribution in [2.24, 2.45) is 4.99 Å². The highest BCUT2D eigenvalue weighted by Gasteiger charge is 2.44. The van der Waals surface area contributed by atoms with Gasteiger partial charge in [0.1, 0.15) is 41.7 Å². The molecule has 93 heavy (non-hydrogen) atoms. The number of nitrogens with one attached hydrogen (secondary N) is 4. The average molecular weight is 1240 g/mol. The number of hydrogen-bond acceptors (Lipinski definition) is 18. The highest BCUT2D eigenvalue weighted by molar-refractivity contribution is 6.05. The Labute approximate surface area is 537 Å². The van der Waals surface area contributed by atoms with Crippen LogP contribution >= 0.6 is 0 Å². The van der Waals surface area contributed by atoms with Crippen molar-refractivity contribution in [2.45, 2.75) is 77.7 Å². The number of rotatable bonds is 13. The topological polar surface area (TPSA) is 251 Å². The molecule has 3 aromatic carbocycles. The molecule has 11 aromatic rings. The van der Waals surface area contributed by atoms with E-state index in [0.29, 0.717) is 59.7 Å². The normalized spacial score (nSPS) is 17.4. The van der Waals surface area contributed by atoms with Crippen molar-refractivity contribution >= 4 is 35.9 Å². The van der Waals surface area contributed by atoms with Gasteiger partial charge in [-0.1, -0.05) is 12.1 Å². The molecule has 8 aromatic heterocycles. The number of carbonyl (C=O) groups excluding carboxylic acids is 2. The number of aromatic nitrogens is 14. The third-order valence-electron chi connectivity index (χ3n) is 16.2. The zero-order valence-electron chi connectivity index (χ0n) is 52.1. The largest absolute Gasteiger partial charge is 0.353 e. The number of pyridine rings is 2. The molecule has 7 aliphatic rings. The summed E-state index contributed by atoms with van der Waals surface area (Å²) < 4.78 is 15.7. The average Bonchev–Trinajstić information content (AvgIpc) is 0.894. The first kappa shape index (κ1) is 62.2. The van der Waals surface area contributed by atoms with Crippen LogP contribution in [0.5, 0.6) is 0 Å². The summed E-state index contributed by atoms with van der Waals surface area (Å²) in [7, 11) is 0. The molecule has 0 spiro atoms. The van der Waals surface area contributed by atoms with Crippen LogP contribution in [0.1, 0.15) is 74.5 Å². The van der Waals surface area contributed by atoms with Crippen LogP contribution in [0.15, 0.2) is 200 Å². The van der Waals surface area contributed by atoms with Gasteiger partial charge in [0.15, 0.2) is 11.6 Å². The molecule has 470 valence electrons. The first-order valence-electron chi connectivity index (χ1n) is 30.9. The molecule has 23 heteroatoms. The summed E-state index contributed by atoms with van der Waals surface area (Å²) >= 11 is 0. The number of hydrogen-bond donors (Lipinski definition) is 4. The molecule has 6 fully saturated rings. The Morgan fingerprint density at radius 3 is 1.72 bits per heavy atom. The molecule has 0 saturated carbocycles. The molecular formula is C70H71FN20O2. The van der Waals surface area contributed by atoms with E-state index >= 15 is 0 Å². The Hall–Kier alpha value is -11.0. The van der Waals surface area contributed by atoms with Gasteiger partial charge in [0.05, 0.1) is 29.3 Å². The van der Waals surface area contributed by atoms with E-state index in [9.17, 15) is 14.0 Å². The van der Waals surface area contributed by atoms with Crippen molar-refractivity contribution in [1.29, 1.82) is 0 Å². The number of halogens is 1. The lowest BCUT2D eigenvalue weighted by Crippen LogP contribution is -2.68. The minimum absolute atomic E-state index is 0.319. The first-order chi connectivity index (χ1) is 45.4. The highest BCUT2D eigenvalue weighted by Crippen LogP contribution is 2.36. The number of nitrogens with zero attached hydrogens (tertiary/aromatic N) is 16. The van der Waals surface area contributed by atoms with E-state index in [0.717, 1.165) is 120 Å². The summed E-state index contributed by atoms with van der Waals surface area (Å²) in [5.41, 5.74) is 12.5.